The summed E-state index contributed by atoms with van der Waals surface area (Å²) in [5, 5.41) is 3.91. The van der Waals surface area contributed by atoms with Gasteiger partial charge < -0.3 is 10.2 Å². The van der Waals surface area contributed by atoms with Crippen LogP contribution in [0.2, 0.25) is 10.0 Å². The van der Waals surface area contributed by atoms with Crippen LogP contribution >= 0.6 is 23.2 Å². The third-order valence-electron chi connectivity index (χ3n) is 5.48. The Hall–Kier alpha value is -2.04. The van der Waals surface area contributed by atoms with Crippen LogP contribution < -0.4 is 5.32 Å². The van der Waals surface area contributed by atoms with Crippen molar-refractivity contribution in [2.45, 2.75) is 78.4 Å². The summed E-state index contributed by atoms with van der Waals surface area (Å²) in [6.07, 6.45) is 1.40. The van der Waals surface area contributed by atoms with E-state index in [0.717, 1.165) is 5.56 Å². The number of halogens is 2. The highest BCUT2D eigenvalue weighted by molar-refractivity contribution is 6.36. The number of benzene rings is 2. The van der Waals surface area contributed by atoms with E-state index in [1.165, 1.54) is 5.56 Å². The molecule has 0 bridgehead atoms. The Bertz CT molecular complexity index is 890. The third kappa shape index (κ3) is 7.25. The highest BCUT2D eigenvalue weighted by Crippen LogP contribution is 2.27. The van der Waals surface area contributed by atoms with Gasteiger partial charge in [-0.15, -0.1) is 0 Å². The minimum atomic E-state index is -0.597. The van der Waals surface area contributed by atoms with Gasteiger partial charge in [-0.25, -0.2) is 0 Å². The number of carbonyl (C=O) groups is 2. The zero-order valence-electron chi connectivity index (χ0n) is 19.6. The van der Waals surface area contributed by atoms with E-state index in [4.69, 9.17) is 23.2 Å². The summed E-state index contributed by atoms with van der Waals surface area (Å²) in [6.45, 7) is 10.2. The molecule has 0 aliphatic carbocycles. The molecule has 2 aromatic carbocycles. The van der Waals surface area contributed by atoms with Crippen LogP contribution in [0, 0.1) is 0 Å². The average molecular weight is 477 g/mol. The Morgan fingerprint density at radius 1 is 0.969 bits per heavy atom. The first-order valence-corrected chi connectivity index (χ1v) is 12.0. The molecule has 0 saturated heterocycles. The Balaban J connectivity index is 2.25. The molecular formula is C26H34Cl2N2O2. The van der Waals surface area contributed by atoms with E-state index in [1.807, 2.05) is 20.8 Å². The number of carbonyl (C=O) groups excluding carboxylic acids is 2. The molecule has 0 fully saturated rings. The molecule has 1 atom stereocenters. The minimum absolute atomic E-state index is 0.0168. The molecule has 0 aliphatic heterocycles. The Morgan fingerprint density at radius 2 is 1.56 bits per heavy atom. The lowest BCUT2D eigenvalue weighted by Gasteiger charge is -2.31. The van der Waals surface area contributed by atoms with E-state index < -0.39 is 6.04 Å². The normalized spacial score (nSPS) is 12.2. The van der Waals surface area contributed by atoms with E-state index in [2.05, 4.69) is 43.4 Å². The van der Waals surface area contributed by atoms with Crippen LogP contribution in [0.3, 0.4) is 0 Å². The average Bonchev–Trinajstić information content (AvgIpc) is 2.73. The molecule has 0 aromatic heterocycles. The van der Waals surface area contributed by atoms with Gasteiger partial charge in [-0.1, -0.05) is 74.3 Å². The standard InChI is InChI=1S/C26H34Cl2N2O2/c1-6-24(26(32)29-18(4)5)30(16-21-22(27)8-7-9-23(21)28)25(31)15-12-19-10-13-20(14-11-19)17(2)3/h7-11,13-14,17-18,24H,6,12,15-16H2,1-5H3,(H,29,32)/t24-/m0/s1. The van der Waals surface area contributed by atoms with Gasteiger partial charge >= 0.3 is 0 Å². The molecule has 1 N–H and O–H groups in total. The number of rotatable bonds is 10. The van der Waals surface area contributed by atoms with Gasteiger partial charge in [0.25, 0.3) is 0 Å². The van der Waals surface area contributed by atoms with Gasteiger partial charge in [-0.05, 0) is 55.9 Å². The van der Waals surface area contributed by atoms with Crippen LogP contribution in [0.25, 0.3) is 0 Å². The summed E-state index contributed by atoms with van der Waals surface area (Å²) in [4.78, 5) is 27.9. The highest BCUT2D eigenvalue weighted by Gasteiger charge is 2.29. The molecule has 32 heavy (non-hydrogen) atoms. The summed E-state index contributed by atoms with van der Waals surface area (Å²) in [5.74, 6) is 0.200. The molecule has 0 saturated carbocycles. The van der Waals surface area contributed by atoms with E-state index in [0.29, 0.717) is 40.8 Å². The van der Waals surface area contributed by atoms with Crippen LogP contribution in [0.15, 0.2) is 42.5 Å². The van der Waals surface area contributed by atoms with Crippen molar-refractivity contribution in [2.24, 2.45) is 0 Å². The Kier molecular flexibility index (Phi) is 10.0. The maximum absolute atomic E-state index is 13.4. The second kappa shape index (κ2) is 12.3. The van der Waals surface area contributed by atoms with Crippen molar-refractivity contribution in [3.63, 3.8) is 0 Å². The number of aryl methyl sites for hydroxylation is 1. The van der Waals surface area contributed by atoms with Gasteiger partial charge in [-0.2, -0.15) is 0 Å². The van der Waals surface area contributed by atoms with Crippen molar-refractivity contribution in [3.8, 4) is 0 Å². The zero-order valence-corrected chi connectivity index (χ0v) is 21.1. The molecule has 0 unspecified atom stereocenters. The predicted octanol–water partition coefficient (Wildman–Crippen LogP) is 6.38. The molecule has 2 aromatic rings. The van der Waals surface area contributed by atoms with Gasteiger partial charge in [0.05, 0.1) is 0 Å². The fourth-order valence-corrected chi connectivity index (χ4v) is 4.13. The van der Waals surface area contributed by atoms with Crippen molar-refractivity contribution >= 4 is 35.0 Å². The van der Waals surface area contributed by atoms with E-state index in [9.17, 15) is 9.59 Å². The van der Waals surface area contributed by atoms with E-state index in [-0.39, 0.29) is 24.4 Å². The lowest BCUT2D eigenvalue weighted by Crippen LogP contribution is -2.50. The topological polar surface area (TPSA) is 49.4 Å². The van der Waals surface area contributed by atoms with Crippen LogP contribution in [-0.2, 0) is 22.6 Å². The molecule has 6 heteroatoms. The summed E-state index contributed by atoms with van der Waals surface area (Å²) in [5.41, 5.74) is 3.02. The molecule has 0 radical (unpaired) electrons. The van der Waals surface area contributed by atoms with Gasteiger partial charge in [0.2, 0.25) is 11.8 Å². The summed E-state index contributed by atoms with van der Waals surface area (Å²) < 4.78 is 0. The quantitative estimate of drug-likeness (QED) is 0.432. The second-order valence-corrected chi connectivity index (χ2v) is 9.52. The molecule has 0 heterocycles. The smallest absolute Gasteiger partial charge is 0.243 e. The molecule has 2 amide bonds. The lowest BCUT2D eigenvalue weighted by atomic mass is 10.00. The van der Waals surface area contributed by atoms with Crippen LogP contribution in [0.4, 0.5) is 0 Å². The maximum atomic E-state index is 13.4. The molecule has 0 aliphatic rings. The number of nitrogens with one attached hydrogen (secondary N) is 1. The zero-order chi connectivity index (χ0) is 23.8. The van der Waals surface area contributed by atoms with E-state index >= 15 is 0 Å². The van der Waals surface area contributed by atoms with Crippen molar-refractivity contribution in [2.75, 3.05) is 0 Å². The first-order valence-electron chi connectivity index (χ1n) is 11.3. The molecule has 4 nitrogen and oxygen atoms in total. The number of nitrogens with zero attached hydrogens (tertiary/aromatic N) is 1. The highest BCUT2D eigenvalue weighted by atomic mass is 35.5. The van der Waals surface area contributed by atoms with Gasteiger partial charge in [0.15, 0.2) is 0 Å². The monoisotopic (exact) mass is 476 g/mol. The van der Waals surface area contributed by atoms with Gasteiger partial charge in [-0.3, -0.25) is 9.59 Å². The fraction of sp³-hybridized carbons (Fsp3) is 0.462. The first kappa shape index (κ1) is 26.2. The predicted molar refractivity (Wildman–Crippen MR) is 133 cm³/mol. The molecule has 2 rings (SSSR count). The Labute approximate surface area is 202 Å². The SMILES string of the molecule is CC[C@@H](C(=O)NC(C)C)N(Cc1c(Cl)cccc1Cl)C(=O)CCc1ccc(C(C)C)cc1. The van der Waals surface area contributed by atoms with E-state index in [1.54, 1.807) is 23.1 Å². The van der Waals surface area contributed by atoms with Gasteiger partial charge in [0.1, 0.15) is 6.04 Å². The van der Waals surface area contributed by atoms with Gasteiger partial charge in [0, 0.05) is 34.6 Å². The Morgan fingerprint density at radius 3 is 2.06 bits per heavy atom. The first-order chi connectivity index (χ1) is 15.1. The van der Waals surface area contributed by atoms with Crippen molar-refractivity contribution in [1.29, 1.82) is 0 Å². The largest absolute Gasteiger partial charge is 0.352 e. The van der Waals surface area contributed by atoms with Crippen molar-refractivity contribution in [3.05, 3.63) is 69.2 Å². The molecule has 174 valence electrons. The molecule has 0 spiro atoms. The minimum Gasteiger partial charge on any atom is -0.352 e. The van der Waals surface area contributed by atoms with Crippen LogP contribution in [-0.4, -0.2) is 28.8 Å². The van der Waals surface area contributed by atoms with Crippen molar-refractivity contribution in [1.82, 2.24) is 10.2 Å². The van der Waals surface area contributed by atoms with Crippen molar-refractivity contribution < 1.29 is 9.59 Å². The molecular weight excluding hydrogens is 443 g/mol. The number of amides is 2. The third-order valence-corrected chi connectivity index (χ3v) is 6.19. The van der Waals surface area contributed by atoms with Crippen LogP contribution in [0.1, 0.15) is 70.1 Å². The van der Waals surface area contributed by atoms with Crippen LogP contribution in [0.5, 0.6) is 0 Å². The second-order valence-electron chi connectivity index (χ2n) is 8.71. The number of hydrogen-bond acceptors (Lipinski definition) is 2. The summed E-state index contributed by atoms with van der Waals surface area (Å²) >= 11 is 12.8. The summed E-state index contributed by atoms with van der Waals surface area (Å²) in [7, 11) is 0. The summed E-state index contributed by atoms with van der Waals surface area (Å²) in [6, 6.07) is 13.0. The lowest BCUT2D eigenvalue weighted by molar-refractivity contribution is -0.141. The number of hydrogen-bond donors (Lipinski definition) is 1. The fourth-order valence-electron chi connectivity index (χ4n) is 3.62. The maximum Gasteiger partial charge on any atom is 0.243 e.